The molecule has 0 unspecified atom stereocenters. The van der Waals surface area contributed by atoms with E-state index in [1.54, 1.807) is 54.6 Å². The fourth-order valence-electron chi connectivity index (χ4n) is 3.09. The third kappa shape index (κ3) is 5.10. The van der Waals surface area contributed by atoms with E-state index < -0.39 is 9.84 Å². The molecule has 0 saturated carbocycles. The number of nitrogens with one attached hydrogen (secondary N) is 1. The van der Waals surface area contributed by atoms with Crippen LogP contribution in [0.2, 0.25) is 0 Å². The molecule has 2 aromatic heterocycles. The first-order chi connectivity index (χ1) is 15.0. The molecule has 0 fully saturated rings. The molecule has 0 aliphatic heterocycles. The van der Waals surface area contributed by atoms with Crippen LogP contribution in [-0.2, 0) is 16.4 Å². The van der Waals surface area contributed by atoms with Crippen molar-refractivity contribution >= 4 is 21.4 Å². The number of ether oxygens (including phenoxy) is 1. The number of benzene rings is 2. The number of rotatable bonds is 8. The van der Waals surface area contributed by atoms with Gasteiger partial charge in [0.1, 0.15) is 18.0 Å². The molecule has 2 aromatic carbocycles. The number of nitrogens with zero attached hydrogens (tertiary/aromatic N) is 2. The summed E-state index contributed by atoms with van der Waals surface area (Å²) >= 11 is 0. The molecule has 0 saturated heterocycles. The van der Waals surface area contributed by atoms with Crippen LogP contribution in [0.5, 0.6) is 5.75 Å². The zero-order chi connectivity index (χ0) is 21.7. The summed E-state index contributed by atoms with van der Waals surface area (Å²) in [6.07, 6.45) is 3.80. The molecule has 0 bridgehead atoms. The largest absolute Gasteiger partial charge is 0.487 e. The molecule has 0 aliphatic carbocycles. The Morgan fingerprint density at radius 1 is 1.00 bits per heavy atom. The van der Waals surface area contributed by atoms with E-state index in [-0.39, 0.29) is 29.7 Å². The lowest BCUT2D eigenvalue weighted by Gasteiger charge is -2.09. The number of hydrogen-bond donors (Lipinski definition) is 1. The van der Waals surface area contributed by atoms with Gasteiger partial charge < -0.3 is 14.5 Å². The van der Waals surface area contributed by atoms with Crippen LogP contribution < -0.4 is 10.1 Å². The van der Waals surface area contributed by atoms with Gasteiger partial charge >= 0.3 is 0 Å². The van der Waals surface area contributed by atoms with Crippen molar-refractivity contribution in [2.75, 3.05) is 12.3 Å². The zero-order valence-electron chi connectivity index (χ0n) is 16.6. The van der Waals surface area contributed by atoms with Gasteiger partial charge in [-0.2, -0.15) is 0 Å². The molecule has 0 aliphatic rings. The van der Waals surface area contributed by atoms with Crippen LogP contribution in [0.15, 0.2) is 90.1 Å². The van der Waals surface area contributed by atoms with Gasteiger partial charge in [0.2, 0.25) is 0 Å². The Kier molecular flexibility index (Phi) is 5.99. The van der Waals surface area contributed by atoms with E-state index in [2.05, 4.69) is 10.3 Å². The Hall–Kier alpha value is -3.65. The molecule has 4 aromatic rings. The number of carbonyl (C=O) groups excluding carboxylic acids is 1. The zero-order valence-corrected chi connectivity index (χ0v) is 17.5. The number of pyridine rings is 1. The minimum Gasteiger partial charge on any atom is -0.487 e. The highest BCUT2D eigenvalue weighted by Gasteiger charge is 2.15. The highest BCUT2D eigenvalue weighted by Crippen LogP contribution is 2.16. The van der Waals surface area contributed by atoms with E-state index >= 15 is 0 Å². The lowest BCUT2D eigenvalue weighted by Crippen LogP contribution is -2.29. The number of carbonyl (C=O) groups is 1. The molecule has 1 N–H and O–H groups in total. The van der Waals surface area contributed by atoms with Gasteiger partial charge in [-0.1, -0.05) is 30.3 Å². The van der Waals surface area contributed by atoms with Crippen molar-refractivity contribution in [3.63, 3.8) is 0 Å². The number of sulfone groups is 1. The van der Waals surface area contributed by atoms with Gasteiger partial charge in [-0.15, -0.1) is 0 Å². The maximum absolute atomic E-state index is 12.4. The van der Waals surface area contributed by atoms with Crippen LogP contribution in [0.4, 0.5) is 0 Å². The van der Waals surface area contributed by atoms with Crippen molar-refractivity contribution in [2.24, 2.45) is 0 Å². The normalized spacial score (nSPS) is 11.4. The van der Waals surface area contributed by atoms with Crippen LogP contribution in [0.1, 0.15) is 16.1 Å². The molecule has 1 amide bonds. The van der Waals surface area contributed by atoms with Gasteiger partial charge in [-0.05, 0) is 42.5 Å². The Morgan fingerprint density at radius 2 is 1.81 bits per heavy atom. The van der Waals surface area contributed by atoms with Gasteiger partial charge in [-0.3, -0.25) is 4.79 Å². The highest BCUT2D eigenvalue weighted by molar-refractivity contribution is 7.91. The Labute approximate surface area is 180 Å². The number of imidazole rings is 1. The second-order valence-corrected chi connectivity index (χ2v) is 9.01. The first kappa shape index (κ1) is 20.6. The average Bonchev–Trinajstić information content (AvgIpc) is 3.21. The van der Waals surface area contributed by atoms with Crippen molar-refractivity contribution < 1.29 is 17.9 Å². The minimum absolute atomic E-state index is 0.0163. The van der Waals surface area contributed by atoms with Crippen LogP contribution in [0.25, 0.3) is 5.65 Å². The summed E-state index contributed by atoms with van der Waals surface area (Å²) in [6.45, 7) is 0.282. The second-order valence-electron chi connectivity index (χ2n) is 6.90. The van der Waals surface area contributed by atoms with E-state index in [0.29, 0.717) is 11.3 Å². The molecular weight excluding hydrogens is 414 g/mol. The third-order valence-electron chi connectivity index (χ3n) is 4.66. The van der Waals surface area contributed by atoms with Crippen molar-refractivity contribution in [3.05, 3.63) is 96.4 Å². The summed E-state index contributed by atoms with van der Waals surface area (Å²) in [5, 5.41) is 2.65. The Bertz CT molecular complexity index is 1270. The van der Waals surface area contributed by atoms with Crippen molar-refractivity contribution in [1.29, 1.82) is 0 Å². The van der Waals surface area contributed by atoms with Crippen LogP contribution in [0, 0.1) is 0 Å². The number of fused-ring (bicyclic) bond motifs is 1. The summed E-state index contributed by atoms with van der Waals surface area (Å²) in [6, 6.07) is 20.7. The van der Waals surface area contributed by atoms with Crippen molar-refractivity contribution in [3.8, 4) is 5.75 Å². The Balaban J connectivity index is 1.33. The second kappa shape index (κ2) is 9.01. The van der Waals surface area contributed by atoms with E-state index in [1.165, 1.54) is 0 Å². The maximum Gasteiger partial charge on any atom is 0.251 e. The van der Waals surface area contributed by atoms with Gasteiger partial charge in [0.15, 0.2) is 9.84 Å². The smallest absolute Gasteiger partial charge is 0.251 e. The van der Waals surface area contributed by atoms with Gasteiger partial charge in [0.05, 0.1) is 16.3 Å². The van der Waals surface area contributed by atoms with Crippen molar-refractivity contribution in [1.82, 2.24) is 14.7 Å². The van der Waals surface area contributed by atoms with Gasteiger partial charge in [-0.25, -0.2) is 13.4 Å². The number of hydrogen-bond acceptors (Lipinski definition) is 5. The molecule has 0 atom stereocenters. The lowest BCUT2D eigenvalue weighted by molar-refractivity contribution is 0.0955. The summed E-state index contributed by atoms with van der Waals surface area (Å²) in [5.74, 6) is -0.00429. The van der Waals surface area contributed by atoms with Crippen LogP contribution >= 0.6 is 0 Å². The molecular formula is C23H21N3O4S. The molecule has 2 heterocycles. The van der Waals surface area contributed by atoms with Crippen molar-refractivity contribution in [2.45, 2.75) is 11.5 Å². The summed E-state index contributed by atoms with van der Waals surface area (Å²) in [7, 11) is -3.45. The molecule has 31 heavy (non-hydrogen) atoms. The SMILES string of the molecule is O=C(NCCS(=O)(=O)c1ccccc1)c1cccc(OCc2cn3ccccc3n2)c1. The van der Waals surface area contributed by atoms with Gasteiger partial charge in [0, 0.05) is 24.5 Å². The summed E-state index contributed by atoms with van der Waals surface area (Å²) < 4.78 is 32.3. The van der Waals surface area contributed by atoms with Crippen LogP contribution in [-0.4, -0.2) is 36.0 Å². The topological polar surface area (TPSA) is 89.8 Å². The quantitative estimate of drug-likeness (QED) is 0.459. The summed E-state index contributed by atoms with van der Waals surface area (Å²) in [4.78, 5) is 17.2. The highest BCUT2D eigenvalue weighted by atomic mass is 32.2. The molecule has 4 rings (SSSR count). The van der Waals surface area contributed by atoms with E-state index in [9.17, 15) is 13.2 Å². The first-order valence-corrected chi connectivity index (χ1v) is 11.4. The average molecular weight is 436 g/mol. The maximum atomic E-state index is 12.4. The first-order valence-electron chi connectivity index (χ1n) is 9.73. The lowest BCUT2D eigenvalue weighted by atomic mass is 10.2. The molecule has 8 heteroatoms. The molecule has 7 nitrogen and oxygen atoms in total. The van der Waals surface area contributed by atoms with Gasteiger partial charge in [0.25, 0.3) is 5.91 Å². The van der Waals surface area contributed by atoms with E-state index in [0.717, 1.165) is 11.3 Å². The predicted octanol–water partition coefficient (Wildman–Crippen LogP) is 3.12. The molecule has 158 valence electrons. The van der Waals surface area contributed by atoms with Crippen LogP contribution in [0.3, 0.4) is 0 Å². The predicted molar refractivity (Wildman–Crippen MR) is 117 cm³/mol. The van der Waals surface area contributed by atoms with E-state index in [4.69, 9.17) is 4.74 Å². The monoisotopic (exact) mass is 435 g/mol. The minimum atomic E-state index is -3.45. The van der Waals surface area contributed by atoms with E-state index in [1.807, 2.05) is 35.0 Å². The Morgan fingerprint density at radius 3 is 2.61 bits per heavy atom. The molecule has 0 radical (unpaired) electrons. The number of aromatic nitrogens is 2. The fourth-order valence-corrected chi connectivity index (χ4v) is 4.27. The number of amides is 1. The summed E-state index contributed by atoms with van der Waals surface area (Å²) in [5.41, 5.74) is 2.00. The fraction of sp³-hybridized carbons (Fsp3) is 0.130. The standard InChI is InChI=1S/C23H21N3O4S/c27-23(24-12-14-31(28,29)21-9-2-1-3-10-21)18-7-6-8-20(15-18)30-17-19-16-26-13-5-4-11-22(26)25-19/h1-11,13,15-16H,12,14,17H2,(H,24,27). The molecule has 0 spiro atoms. The third-order valence-corrected chi connectivity index (χ3v) is 6.39.